The number of aromatic nitrogens is 3. The van der Waals surface area contributed by atoms with Gasteiger partial charge >= 0.3 is 0 Å². The van der Waals surface area contributed by atoms with Gasteiger partial charge in [-0.3, -0.25) is 9.88 Å². The first-order valence-electron chi connectivity index (χ1n) is 9.00. The van der Waals surface area contributed by atoms with Gasteiger partial charge in [-0.05, 0) is 50.2 Å². The van der Waals surface area contributed by atoms with Gasteiger partial charge in [0.25, 0.3) is 0 Å². The predicted octanol–water partition coefficient (Wildman–Crippen LogP) is 3.59. The van der Waals surface area contributed by atoms with Crippen molar-refractivity contribution in [3.8, 4) is 11.4 Å². The smallest absolute Gasteiger partial charge is 0.163 e. The number of likely N-dealkylation sites (N-methyl/N-ethyl adjacent to an activating group) is 1. The Morgan fingerprint density at radius 3 is 2.92 bits per heavy atom. The van der Waals surface area contributed by atoms with Crippen LogP contribution in [0, 0.1) is 0 Å². The fourth-order valence-electron chi connectivity index (χ4n) is 3.59. The van der Waals surface area contributed by atoms with E-state index in [-0.39, 0.29) is 0 Å². The third-order valence-electron chi connectivity index (χ3n) is 4.93. The molecule has 1 fully saturated rings. The summed E-state index contributed by atoms with van der Waals surface area (Å²) in [6.45, 7) is 5.46. The lowest BCUT2D eigenvalue weighted by Crippen LogP contribution is -2.34. The van der Waals surface area contributed by atoms with Crippen molar-refractivity contribution in [1.82, 2.24) is 19.9 Å². The highest BCUT2D eigenvalue weighted by Crippen LogP contribution is 2.25. The van der Waals surface area contributed by atoms with E-state index in [9.17, 15) is 0 Å². The molecule has 0 unspecified atom stereocenters. The van der Waals surface area contributed by atoms with Crippen LogP contribution in [-0.4, -0.2) is 45.5 Å². The van der Waals surface area contributed by atoms with Crippen LogP contribution < -0.4 is 5.32 Å². The number of rotatable bonds is 5. The third kappa shape index (κ3) is 3.33. The number of hydrogen-bond acceptors (Lipinski definition) is 5. The lowest BCUT2D eigenvalue weighted by molar-refractivity contribution is 0.277. The summed E-state index contributed by atoms with van der Waals surface area (Å²) in [7, 11) is 0. The summed E-state index contributed by atoms with van der Waals surface area (Å²) >= 11 is 0. The maximum Gasteiger partial charge on any atom is 0.163 e. The molecule has 5 nitrogen and oxygen atoms in total. The molecule has 4 rings (SSSR count). The molecule has 3 aromatic rings. The van der Waals surface area contributed by atoms with Gasteiger partial charge in [0.15, 0.2) is 5.82 Å². The van der Waals surface area contributed by atoms with E-state index in [4.69, 9.17) is 9.97 Å². The van der Waals surface area contributed by atoms with Crippen LogP contribution in [0.2, 0.25) is 0 Å². The van der Waals surface area contributed by atoms with Gasteiger partial charge in [0.1, 0.15) is 5.82 Å². The second kappa shape index (κ2) is 7.15. The van der Waals surface area contributed by atoms with E-state index in [0.717, 1.165) is 35.4 Å². The minimum atomic E-state index is 0.584. The summed E-state index contributed by atoms with van der Waals surface area (Å²) in [4.78, 5) is 16.3. The average Bonchev–Trinajstić information content (AvgIpc) is 3.14. The topological polar surface area (TPSA) is 53.9 Å². The van der Waals surface area contributed by atoms with Crippen molar-refractivity contribution in [3.63, 3.8) is 0 Å². The van der Waals surface area contributed by atoms with Crippen LogP contribution in [-0.2, 0) is 0 Å². The number of fused-ring (bicyclic) bond motifs is 1. The molecule has 2 aromatic heterocycles. The number of benzene rings is 1. The molecule has 5 heteroatoms. The quantitative estimate of drug-likeness (QED) is 0.773. The van der Waals surface area contributed by atoms with Gasteiger partial charge in [0.05, 0.1) is 5.52 Å². The highest BCUT2D eigenvalue weighted by Gasteiger charge is 2.23. The molecular formula is C20H23N5. The van der Waals surface area contributed by atoms with Crippen molar-refractivity contribution in [2.45, 2.75) is 25.8 Å². The lowest BCUT2D eigenvalue weighted by atomic mass is 10.2. The molecule has 1 aliphatic heterocycles. The first-order chi connectivity index (χ1) is 12.3. The Labute approximate surface area is 148 Å². The fourth-order valence-corrected chi connectivity index (χ4v) is 3.59. The fraction of sp³-hybridized carbons (Fsp3) is 0.350. The van der Waals surface area contributed by atoms with Crippen LogP contribution in [0.4, 0.5) is 5.82 Å². The van der Waals surface area contributed by atoms with Crippen molar-refractivity contribution in [2.75, 3.05) is 25.0 Å². The van der Waals surface area contributed by atoms with E-state index in [0.29, 0.717) is 11.9 Å². The Balaban J connectivity index is 1.67. The van der Waals surface area contributed by atoms with E-state index >= 15 is 0 Å². The zero-order valence-corrected chi connectivity index (χ0v) is 14.5. The van der Waals surface area contributed by atoms with Crippen molar-refractivity contribution in [2.24, 2.45) is 0 Å². The monoisotopic (exact) mass is 333 g/mol. The van der Waals surface area contributed by atoms with Crippen LogP contribution in [0.15, 0.2) is 48.8 Å². The number of likely N-dealkylation sites (tertiary alicyclic amines) is 1. The van der Waals surface area contributed by atoms with Gasteiger partial charge < -0.3 is 5.32 Å². The molecular weight excluding hydrogens is 310 g/mol. The zero-order chi connectivity index (χ0) is 17.1. The molecule has 0 aliphatic carbocycles. The molecule has 0 bridgehead atoms. The van der Waals surface area contributed by atoms with E-state index in [1.165, 1.54) is 19.4 Å². The van der Waals surface area contributed by atoms with Crippen molar-refractivity contribution >= 4 is 16.7 Å². The predicted molar refractivity (Wildman–Crippen MR) is 102 cm³/mol. The Morgan fingerprint density at radius 2 is 2.08 bits per heavy atom. The molecule has 0 spiro atoms. The van der Waals surface area contributed by atoms with Crippen LogP contribution in [0.25, 0.3) is 22.3 Å². The molecule has 128 valence electrons. The van der Waals surface area contributed by atoms with Crippen LogP contribution in [0.1, 0.15) is 19.8 Å². The Hall–Kier alpha value is -2.53. The maximum atomic E-state index is 4.80. The van der Waals surface area contributed by atoms with Crippen molar-refractivity contribution in [1.29, 1.82) is 0 Å². The molecule has 1 saturated heterocycles. The van der Waals surface area contributed by atoms with Crippen molar-refractivity contribution in [3.05, 3.63) is 48.8 Å². The second-order valence-corrected chi connectivity index (χ2v) is 6.46. The molecule has 3 heterocycles. The molecule has 1 aliphatic rings. The highest BCUT2D eigenvalue weighted by molar-refractivity contribution is 5.90. The van der Waals surface area contributed by atoms with Gasteiger partial charge in [-0.25, -0.2) is 9.97 Å². The van der Waals surface area contributed by atoms with Crippen LogP contribution in [0.3, 0.4) is 0 Å². The Morgan fingerprint density at radius 1 is 1.16 bits per heavy atom. The molecule has 0 radical (unpaired) electrons. The summed E-state index contributed by atoms with van der Waals surface area (Å²) in [6, 6.07) is 12.7. The number of nitrogens with zero attached hydrogens (tertiary/aromatic N) is 4. The Kier molecular flexibility index (Phi) is 4.57. The largest absolute Gasteiger partial charge is 0.368 e. The normalized spacial score (nSPS) is 17.9. The summed E-state index contributed by atoms with van der Waals surface area (Å²) in [5.41, 5.74) is 1.89. The zero-order valence-electron chi connectivity index (χ0n) is 14.5. The van der Waals surface area contributed by atoms with Crippen LogP contribution >= 0.6 is 0 Å². The Bertz CT molecular complexity index is 849. The first kappa shape index (κ1) is 16.0. The SMILES string of the molecule is CCN1CCC[C@H]1CNc1nc(-c2cccnc2)nc2ccccc12. The number of para-hydroxylation sites is 1. The summed E-state index contributed by atoms with van der Waals surface area (Å²) < 4.78 is 0. The lowest BCUT2D eigenvalue weighted by Gasteiger charge is -2.23. The first-order valence-corrected chi connectivity index (χ1v) is 9.00. The van der Waals surface area contributed by atoms with Gasteiger partial charge in [-0.1, -0.05) is 19.1 Å². The minimum Gasteiger partial charge on any atom is -0.368 e. The van der Waals surface area contributed by atoms with Crippen molar-refractivity contribution < 1.29 is 0 Å². The van der Waals surface area contributed by atoms with Gasteiger partial charge in [0.2, 0.25) is 0 Å². The number of hydrogen-bond donors (Lipinski definition) is 1. The standard InChI is InChI=1S/C20H23N5/c1-2-25-12-6-8-16(25)14-22-20-17-9-3-4-10-18(17)23-19(24-20)15-7-5-11-21-13-15/h3-5,7,9-11,13,16H,2,6,8,12,14H2,1H3,(H,22,23,24)/t16-/m0/s1. The molecule has 0 saturated carbocycles. The van der Waals surface area contributed by atoms with E-state index in [1.807, 2.05) is 36.5 Å². The third-order valence-corrected chi connectivity index (χ3v) is 4.93. The number of anilines is 1. The number of nitrogens with one attached hydrogen (secondary N) is 1. The summed E-state index contributed by atoms with van der Waals surface area (Å²) in [5.74, 6) is 1.63. The summed E-state index contributed by atoms with van der Waals surface area (Å²) in [5, 5.41) is 4.66. The van der Waals surface area contributed by atoms with E-state index < -0.39 is 0 Å². The van der Waals surface area contributed by atoms with Gasteiger partial charge in [-0.2, -0.15) is 0 Å². The molecule has 1 atom stereocenters. The van der Waals surface area contributed by atoms with E-state index in [1.54, 1.807) is 6.20 Å². The van der Waals surface area contributed by atoms with E-state index in [2.05, 4.69) is 28.2 Å². The number of pyridine rings is 1. The summed E-state index contributed by atoms with van der Waals surface area (Å²) in [6.07, 6.45) is 6.11. The highest BCUT2D eigenvalue weighted by atomic mass is 15.2. The minimum absolute atomic E-state index is 0.584. The van der Waals surface area contributed by atoms with Gasteiger partial charge in [-0.15, -0.1) is 0 Å². The average molecular weight is 333 g/mol. The molecule has 25 heavy (non-hydrogen) atoms. The second-order valence-electron chi connectivity index (χ2n) is 6.46. The van der Waals surface area contributed by atoms with Gasteiger partial charge in [0, 0.05) is 35.9 Å². The maximum absolute atomic E-state index is 4.80. The molecule has 1 aromatic carbocycles. The molecule has 0 amide bonds. The van der Waals surface area contributed by atoms with Crippen LogP contribution in [0.5, 0.6) is 0 Å². The molecule has 1 N–H and O–H groups in total.